The lowest BCUT2D eigenvalue weighted by atomic mass is 10.5. The molecule has 5 heteroatoms. The van der Waals surface area contributed by atoms with Gasteiger partial charge in [0.25, 0.3) is 0 Å². The fourth-order valence-electron chi connectivity index (χ4n) is 0.828. The molecule has 2 rings (SSSR count). The van der Waals surface area contributed by atoms with Gasteiger partial charge in [0.2, 0.25) is 0 Å². The maximum atomic E-state index is 9.81. The van der Waals surface area contributed by atoms with E-state index in [0.29, 0.717) is 0 Å². The maximum Gasteiger partial charge on any atom is 0.310 e. The van der Waals surface area contributed by atoms with E-state index >= 15 is 0 Å². The molecule has 0 radical (unpaired) electrons. The summed E-state index contributed by atoms with van der Waals surface area (Å²) in [6.45, 7) is 2.36. The van der Waals surface area contributed by atoms with E-state index in [1.54, 1.807) is 24.8 Å². The monoisotopic (exact) mass is 260 g/mol. The summed E-state index contributed by atoms with van der Waals surface area (Å²) in [7, 11) is 0. The van der Waals surface area contributed by atoms with Crippen LogP contribution in [0.2, 0.25) is 0 Å². The molecule has 5 nitrogen and oxygen atoms in total. The molecule has 2 aromatic rings. The van der Waals surface area contributed by atoms with E-state index in [0.717, 1.165) is 0 Å². The average Bonchev–Trinajstić information content (AvgIpc) is 2.42. The molecule has 0 spiro atoms. The standard InChI is InChI=1S/2C5H5N.C4H6O3/c2*1-2-4-6-5-3-1;1-3(5)7-4(2)6/h2*1-5H;1-2H3. The summed E-state index contributed by atoms with van der Waals surface area (Å²) in [6.07, 6.45) is 7.00. The Kier molecular flexibility index (Phi) is 10.3. The van der Waals surface area contributed by atoms with Gasteiger partial charge in [-0.2, -0.15) is 0 Å². The zero-order valence-electron chi connectivity index (χ0n) is 10.9. The largest absolute Gasteiger partial charge is 0.394 e. The number of rotatable bonds is 0. The Bertz CT molecular complexity index is 350. The fraction of sp³-hybridized carbons (Fsp3) is 0.143. The van der Waals surface area contributed by atoms with Gasteiger partial charge in [0.15, 0.2) is 0 Å². The highest BCUT2D eigenvalue weighted by atomic mass is 16.6. The zero-order chi connectivity index (χ0) is 14.3. The first kappa shape index (κ1) is 16.4. The van der Waals surface area contributed by atoms with Crippen molar-refractivity contribution < 1.29 is 14.3 Å². The van der Waals surface area contributed by atoms with Crippen molar-refractivity contribution in [3.05, 3.63) is 61.2 Å². The molecule has 100 valence electrons. The molecular weight excluding hydrogens is 244 g/mol. The van der Waals surface area contributed by atoms with Crippen molar-refractivity contribution in [2.45, 2.75) is 13.8 Å². The van der Waals surface area contributed by atoms with E-state index in [1.807, 2.05) is 36.4 Å². The van der Waals surface area contributed by atoms with E-state index in [4.69, 9.17) is 0 Å². The van der Waals surface area contributed by atoms with Gasteiger partial charge in [-0.3, -0.25) is 19.6 Å². The molecule has 0 fully saturated rings. The van der Waals surface area contributed by atoms with E-state index in [9.17, 15) is 9.59 Å². The summed E-state index contributed by atoms with van der Waals surface area (Å²) in [5.74, 6) is -1.12. The Morgan fingerprint density at radius 2 is 1.00 bits per heavy atom. The minimum absolute atomic E-state index is 0.562. The van der Waals surface area contributed by atoms with Gasteiger partial charge < -0.3 is 4.74 Å². The average molecular weight is 260 g/mol. The van der Waals surface area contributed by atoms with Crippen molar-refractivity contribution in [3.8, 4) is 0 Å². The third-order valence-corrected chi connectivity index (χ3v) is 1.42. The number of pyridine rings is 2. The topological polar surface area (TPSA) is 69.2 Å². The summed E-state index contributed by atoms with van der Waals surface area (Å²) >= 11 is 0. The Morgan fingerprint density at radius 1 is 0.684 bits per heavy atom. The molecule has 0 atom stereocenters. The number of nitrogens with zero attached hydrogens (tertiary/aromatic N) is 2. The number of ether oxygens (including phenoxy) is 1. The maximum absolute atomic E-state index is 9.81. The molecule has 0 unspecified atom stereocenters. The van der Waals surface area contributed by atoms with Crippen LogP contribution in [0.4, 0.5) is 0 Å². The first-order valence-electron chi connectivity index (χ1n) is 5.52. The van der Waals surface area contributed by atoms with Gasteiger partial charge >= 0.3 is 11.9 Å². The molecule has 0 aliphatic heterocycles. The van der Waals surface area contributed by atoms with Gasteiger partial charge in [0, 0.05) is 38.6 Å². The predicted octanol–water partition coefficient (Wildman–Crippen LogP) is 2.26. The minimum Gasteiger partial charge on any atom is -0.394 e. The van der Waals surface area contributed by atoms with Crippen molar-refractivity contribution in [3.63, 3.8) is 0 Å². The number of hydrogen-bond acceptors (Lipinski definition) is 5. The van der Waals surface area contributed by atoms with Crippen LogP contribution in [0.3, 0.4) is 0 Å². The van der Waals surface area contributed by atoms with Gasteiger partial charge in [0.1, 0.15) is 0 Å². The molecular formula is C14H16N2O3. The third-order valence-electron chi connectivity index (χ3n) is 1.42. The van der Waals surface area contributed by atoms with Gasteiger partial charge in [-0.1, -0.05) is 12.1 Å². The minimum atomic E-state index is -0.562. The molecule has 0 saturated carbocycles. The fourth-order valence-corrected chi connectivity index (χ4v) is 0.828. The predicted molar refractivity (Wildman–Crippen MR) is 70.9 cm³/mol. The third kappa shape index (κ3) is 15.4. The van der Waals surface area contributed by atoms with Crippen molar-refractivity contribution in [1.29, 1.82) is 0 Å². The molecule has 0 aliphatic carbocycles. The highest BCUT2D eigenvalue weighted by molar-refractivity contribution is 5.82. The van der Waals surface area contributed by atoms with E-state index in [1.165, 1.54) is 13.8 Å². The SMILES string of the molecule is CC(=O)OC(C)=O.c1ccncc1.c1ccncc1. The van der Waals surface area contributed by atoms with Crippen LogP contribution in [-0.4, -0.2) is 21.9 Å². The van der Waals surface area contributed by atoms with Crippen LogP contribution in [0, 0.1) is 0 Å². The van der Waals surface area contributed by atoms with Crippen LogP contribution < -0.4 is 0 Å². The molecule has 2 heterocycles. The van der Waals surface area contributed by atoms with Crippen LogP contribution in [0.1, 0.15) is 13.8 Å². The molecule has 0 aliphatic rings. The number of carbonyl (C=O) groups is 2. The lowest BCUT2D eigenvalue weighted by molar-refractivity contribution is -0.156. The summed E-state index contributed by atoms with van der Waals surface area (Å²) in [4.78, 5) is 27.2. The smallest absolute Gasteiger partial charge is 0.310 e. The van der Waals surface area contributed by atoms with Crippen molar-refractivity contribution >= 4 is 11.9 Å². The van der Waals surface area contributed by atoms with Gasteiger partial charge in [-0.25, -0.2) is 0 Å². The second kappa shape index (κ2) is 11.9. The Hall–Kier alpha value is -2.56. The first-order chi connectivity index (χ1) is 9.13. The Morgan fingerprint density at radius 3 is 1.05 bits per heavy atom. The summed E-state index contributed by atoms with van der Waals surface area (Å²) < 4.78 is 3.97. The van der Waals surface area contributed by atoms with Crippen LogP contribution >= 0.6 is 0 Å². The second-order valence-corrected chi connectivity index (χ2v) is 3.13. The first-order valence-corrected chi connectivity index (χ1v) is 5.52. The summed E-state index contributed by atoms with van der Waals surface area (Å²) in [5, 5.41) is 0. The molecule has 19 heavy (non-hydrogen) atoms. The number of carbonyl (C=O) groups excluding carboxylic acids is 2. The highest BCUT2D eigenvalue weighted by Gasteiger charge is 1.93. The van der Waals surface area contributed by atoms with E-state index in [-0.39, 0.29) is 0 Å². The summed E-state index contributed by atoms with van der Waals surface area (Å²) in [6, 6.07) is 11.4. The number of esters is 2. The van der Waals surface area contributed by atoms with Crippen molar-refractivity contribution in [2.24, 2.45) is 0 Å². The molecule has 2 aromatic heterocycles. The lowest BCUT2D eigenvalue weighted by Crippen LogP contribution is -2.03. The second-order valence-electron chi connectivity index (χ2n) is 3.13. The van der Waals surface area contributed by atoms with E-state index in [2.05, 4.69) is 14.7 Å². The summed E-state index contributed by atoms with van der Waals surface area (Å²) in [5.41, 5.74) is 0. The Labute approximate surface area is 112 Å². The van der Waals surface area contributed by atoms with Crippen LogP contribution in [0.5, 0.6) is 0 Å². The van der Waals surface area contributed by atoms with Gasteiger partial charge in [-0.15, -0.1) is 0 Å². The van der Waals surface area contributed by atoms with Crippen molar-refractivity contribution in [2.75, 3.05) is 0 Å². The quantitative estimate of drug-likeness (QED) is 0.537. The molecule has 0 aromatic carbocycles. The lowest BCUT2D eigenvalue weighted by Gasteiger charge is -1.87. The Balaban J connectivity index is 0.000000256. The highest BCUT2D eigenvalue weighted by Crippen LogP contribution is 1.74. The molecule has 0 amide bonds. The van der Waals surface area contributed by atoms with Crippen LogP contribution in [0.15, 0.2) is 61.2 Å². The number of aromatic nitrogens is 2. The molecule has 0 saturated heterocycles. The molecule has 0 bridgehead atoms. The number of hydrogen-bond donors (Lipinski definition) is 0. The van der Waals surface area contributed by atoms with Crippen LogP contribution in [-0.2, 0) is 14.3 Å². The van der Waals surface area contributed by atoms with E-state index < -0.39 is 11.9 Å². The molecule has 0 N–H and O–H groups in total. The van der Waals surface area contributed by atoms with Gasteiger partial charge in [-0.05, 0) is 24.3 Å². The van der Waals surface area contributed by atoms with Crippen LogP contribution in [0.25, 0.3) is 0 Å². The zero-order valence-corrected chi connectivity index (χ0v) is 10.9. The normalized spacial score (nSPS) is 7.89. The van der Waals surface area contributed by atoms with Crippen molar-refractivity contribution in [1.82, 2.24) is 9.97 Å². The van der Waals surface area contributed by atoms with Gasteiger partial charge in [0.05, 0.1) is 0 Å².